The first kappa shape index (κ1) is 15.1. The van der Waals surface area contributed by atoms with E-state index in [1.165, 1.54) is 0 Å². The van der Waals surface area contributed by atoms with E-state index < -0.39 is 6.10 Å². The van der Waals surface area contributed by atoms with Gasteiger partial charge in [0.2, 0.25) is 0 Å². The van der Waals surface area contributed by atoms with Crippen LogP contribution in [0.3, 0.4) is 0 Å². The highest BCUT2D eigenvalue weighted by molar-refractivity contribution is 4.92. The molecule has 0 radical (unpaired) electrons. The maximum Gasteiger partial charge on any atom is 0.0969 e. The SMILES string of the molecule is CCCCOCC(O)Cn1cc(CCCN)nn1. The van der Waals surface area contributed by atoms with E-state index in [9.17, 15) is 5.11 Å². The second-order valence-electron chi connectivity index (χ2n) is 4.41. The standard InChI is InChI=1S/C12H24N4O2/c1-2-3-7-18-10-12(17)9-16-8-11(14-15-16)5-4-6-13/h8,12,17H,2-7,9-10,13H2,1H3. The molecule has 0 aliphatic carbocycles. The molecule has 1 unspecified atom stereocenters. The Morgan fingerprint density at radius 2 is 2.33 bits per heavy atom. The van der Waals surface area contributed by atoms with Crippen molar-refractivity contribution in [2.45, 2.75) is 45.3 Å². The van der Waals surface area contributed by atoms with Gasteiger partial charge in [0.25, 0.3) is 0 Å². The Kier molecular flexibility index (Phi) is 7.55. The summed E-state index contributed by atoms with van der Waals surface area (Å²) in [5, 5.41) is 17.7. The van der Waals surface area contributed by atoms with Crippen LogP contribution in [0.2, 0.25) is 0 Å². The van der Waals surface area contributed by atoms with E-state index in [-0.39, 0.29) is 0 Å². The Bertz CT molecular complexity index is 317. The van der Waals surface area contributed by atoms with E-state index in [1.54, 1.807) is 4.68 Å². The van der Waals surface area contributed by atoms with Gasteiger partial charge in [-0.15, -0.1) is 5.10 Å². The summed E-state index contributed by atoms with van der Waals surface area (Å²) in [7, 11) is 0. The van der Waals surface area contributed by atoms with E-state index in [0.717, 1.165) is 31.4 Å². The van der Waals surface area contributed by atoms with Crippen LogP contribution in [0.1, 0.15) is 31.9 Å². The number of hydrogen-bond acceptors (Lipinski definition) is 5. The molecule has 6 nitrogen and oxygen atoms in total. The lowest BCUT2D eigenvalue weighted by atomic mass is 10.2. The summed E-state index contributed by atoms with van der Waals surface area (Å²) in [6.45, 7) is 4.23. The topological polar surface area (TPSA) is 86.2 Å². The number of nitrogens with two attached hydrogens (primary N) is 1. The fourth-order valence-corrected chi connectivity index (χ4v) is 1.56. The number of aryl methyl sites for hydroxylation is 1. The smallest absolute Gasteiger partial charge is 0.0969 e. The molecule has 0 saturated heterocycles. The van der Waals surface area contributed by atoms with Crippen LogP contribution in [-0.2, 0) is 17.7 Å². The molecule has 1 aromatic heterocycles. The van der Waals surface area contributed by atoms with Gasteiger partial charge in [-0.3, -0.25) is 0 Å². The largest absolute Gasteiger partial charge is 0.389 e. The second-order valence-corrected chi connectivity index (χ2v) is 4.41. The lowest BCUT2D eigenvalue weighted by Gasteiger charge is -2.10. The highest BCUT2D eigenvalue weighted by Crippen LogP contribution is 1.99. The highest BCUT2D eigenvalue weighted by Gasteiger charge is 2.07. The summed E-state index contributed by atoms with van der Waals surface area (Å²) in [5.74, 6) is 0. The Hall–Kier alpha value is -0.980. The predicted octanol–water partition coefficient (Wildman–Crippen LogP) is 0.347. The van der Waals surface area contributed by atoms with Gasteiger partial charge < -0.3 is 15.6 Å². The number of nitrogens with zero attached hydrogens (tertiary/aromatic N) is 3. The van der Waals surface area contributed by atoms with Crippen LogP contribution >= 0.6 is 0 Å². The van der Waals surface area contributed by atoms with Crippen LogP contribution in [-0.4, -0.2) is 46.0 Å². The molecule has 0 aliphatic rings. The molecule has 0 fully saturated rings. The van der Waals surface area contributed by atoms with Crippen molar-refractivity contribution < 1.29 is 9.84 Å². The van der Waals surface area contributed by atoms with Gasteiger partial charge in [0.15, 0.2) is 0 Å². The van der Waals surface area contributed by atoms with Gasteiger partial charge >= 0.3 is 0 Å². The summed E-state index contributed by atoms with van der Waals surface area (Å²) >= 11 is 0. The molecule has 3 N–H and O–H groups in total. The maximum absolute atomic E-state index is 9.75. The molecular formula is C12H24N4O2. The summed E-state index contributed by atoms with van der Waals surface area (Å²) in [6.07, 6.45) is 5.18. The van der Waals surface area contributed by atoms with E-state index in [4.69, 9.17) is 10.5 Å². The molecular weight excluding hydrogens is 232 g/mol. The zero-order valence-corrected chi connectivity index (χ0v) is 11.1. The molecule has 104 valence electrons. The van der Waals surface area contributed by atoms with Crippen molar-refractivity contribution in [3.8, 4) is 0 Å². The first-order valence-electron chi connectivity index (χ1n) is 6.61. The monoisotopic (exact) mass is 256 g/mol. The molecule has 0 aromatic carbocycles. The van der Waals surface area contributed by atoms with Crippen molar-refractivity contribution in [2.75, 3.05) is 19.8 Å². The van der Waals surface area contributed by atoms with Crippen LogP contribution < -0.4 is 5.73 Å². The van der Waals surface area contributed by atoms with Gasteiger partial charge in [0.1, 0.15) is 0 Å². The number of rotatable bonds is 10. The molecule has 0 aliphatic heterocycles. The average molecular weight is 256 g/mol. The quantitative estimate of drug-likeness (QED) is 0.590. The third-order valence-electron chi connectivity index (χ3n) is 2.57. The third-order valence-corrected chi connectivity index (χ3v) is 2.57. The minimum absolute atomic E-state index is 0.345. The Labute approximate surface area is 108 Å². The lowest BCUT2D eigenvalue weighted by Crippen LogP contribution is -2.22. The van der Waals surface area contributed by atoms with Crippen LogP contribution in [0.25, 0.3) is 0 Å². The van der Waals surface area contributed by atoms with Crippen molar-refractivity contribution in [3.05, 3.63) is 11.9 Å². The Morgan fingerprint density at radius 1 is 1.50 bits per heavy atom. The fraction of sp³-hybridized carbons (Fsp3) is 0.833. The molecule has 1 atom stereocenters. The van der Waals surface area contributed by atoms with Crippen molar-refractivity contribution in [3.63, 3.8) is 0 Å². The van der Waals surface area contributed by atoms with Crippen molar-refractivity contribution in [1.29, 1.82) is 0 Å². The van der Waals surface area contributed by atoms with Crippen molar-refractivity contribution >= 4 is 0 Å². The minimum atomic E-state index is -0.536. The van der Waals surface area contributed by atoms with Crippen LogP contribution in [0.4, 0.5) is 0 Å². The molecule has 18 heavy (non-hydrogen) atoms. The molecule has 0 saturated carbocycles. The molecule has 6 heteroatoms. The van der Waals surface area contributed by atoms with E-state index in [2.05, 4.69) is 17.2 Å². The summed E-state index contributed by atoms with van der Waals surface area (Å²) in [5.41, 5.74) is 6.35. The second kappa shape index (κ2) is 9.02. The Balaban J connectivity index is 2.22. The number of aromatic nitrogens is 3. The fourth-order valence-electron chi connectivity index (χ4n) is 1.56. The van der Waals surface area contributed by atoms with Gasteiger partial charge in [-0.1, -0.05) is 18.6 Å². The summed E-state index contributed by atoms with van der Waals surface area (Å²) < 4.78 is 7.00. The van der Waals surface area contributed by atoms with Crippen molar-refractivity contribution in [2.24, 2.45) is 5.73 Å². The summed E-state index contributed by atoms with van der Waals surface area (Å²) in [4.78, 5) is 0. The zero-order valence-electron chi connectivity index (χ0n) is 11.1. The minimum Gasteiger partial charge on any atom is -0.389 e. The maximum atomic E-state index is 9.75. The molecule has 0 spiro atoms. The number of unbranched alkanes of at least 4 members (excludes halogenated alkanes) is 1. The number of ether oxygens (including phenoxy) is 1. The highest BCUT2D eigenvalue weighted by atomic mass is 16.5. The van der Waals surface area contributed by atoms with E-state index in [0.29, 0.717) is 26.3 Å². The molecule has 1 aromatic rings. The third kappa shape index (κ3) is 6.09. The number of hydrogen-bond donors (Lipinski definition) is 2. The average Bonchev–Trinajstić information content (AvgIpc) is 2.80. The van der Waals surface area contributed by atoms with Gasteiger partial charge in [-0.2, -0.15) is 0 Å². The van der Waals surface area contributed by atoms with Gasteiger partial charge in [0.05, 0.1) is 24.9 Å². The molecule has 0 amide bonds. The van der Waals surface area contributed by atoms with Crippen LogP contribution in [0.15, 0.2) is 6.20 Å². The van der Waals surface area contributed by atoms with E-state index >= 15 is 0 Å². The number of aliphatic hydroxyl groups excluding tert-OH is 1. The lowest BCUT2D eigenvalue weighted by molar-refractivity contribution is 0.0251. The van der Waals surface area contributed by atoms with Gasteiger partial charge in [-0.25, -0.2) is 4.68 Å². The van der Waals surface area contributed by atoms with Crippen LogP contribution in [0, 0.1) is 0 Å². The molecule has 1 heterocycles. The van der Waals surface area contributed by atoms with E-state index in [1.807, 2.05) is 6.20 Å². The normalized spacial score (nSPS) is 12.8. The Morgan fingerprint density at radius 3 is 3.06 bits per heavy atom. The predicted molar refractivity (Wildman–Crippen MR) is 69.1 cm³/mol. The zero-order chi connectivity index (χ0) is 13.2. The molecule has 0 bridgehead atoms. The first-order chi connectivity index (χ1) is 8.76. The van der Waals surface area contributed by atoms with Gasteiger partial charge in [-0.05, 0) is 25.8 Å². The van der Waals surface area contributed by atoms with Crippen LogP contribution in [0.5, 0.6) is 0 Å². The summed E-state index contributed by atoms with van der Waals surface area (Å²) in [6, 6.07) is 0. The number of aliphatic hydroxyl groups is 1. The van der Waals surface area contributed by atoms with Gasteiger partial charge in [0, 0.05) is 12.8 Å². The van der Waals surface area contributed by atoms with Crippen molar-refractivity contribution in [1.82, 2.24) is 15.0 Å². The first-order valence-corrected chi connectivity index (χ1v) is 6.61. The molecule has 1 rings (SSSR count).